The molecule has 80 valence electrons. The molecule has 3 nitrogen and oxygen atoms in total. The van der Waals surface area contributed by atoms with Gasteiger partial charge in [0, 0.05) is 22.4 Å². The van der Waals surface area contributed by atoms with Gasteiger partial charge in [0.15, 0.2) is 0 Å². The molecule has 0 fully saturated rings. The van der Waals surface area contributed by atoms with Gasteiger partial charge in [-0.05, 0) is 25.0 Å². The van der Waals surface area contributed by atoms with E-state index in [9.17, 15) is 5.11 Å². The van der Waals surface area contributed by atoms with E-state index >= 15 is 0 Å². The van der Waals surface area contributed by atoms with Crippen LogP contribution < -0.4 is 5.73 Å². The molecular formula is C10H17NO2S. The van der Waals surface area contributed by atoms with Crippen molar-refractivity contribution in [1.29, 1.82) is 0 Å². The molecule has 2 atom stereocenters. The van der Waals surface area contributed by atoms with Crippen molar-refractivity contribution in [3.8, 4) is 0 Å². The van der Waals surface area contributed by atoms with Crippen LogP contribution >= 0.6 is 11.3 Å². The largest absolute Gasteiger partial charge is 0.396 e. The average Bonchev–Trinajstić information content (AvgIpc) is 2.65. The molecule has 2 unspecified atom stereocenters. The second-order valence-corrected chi connectivity index (χ2v) is 4.48. The van der Waals surface area contributed by atoms with E-state index in [0.29, 0.717) is 6.42 Å². The van der Waals surface area contributed by atoms with Crippen molar-refractivity contribution in [3.63, 3.8) is 0 Å². The number of rotatable bonds is 5. The molecule has 4 heteroatoms. The fourth-order valence-electron chi connectivity index (χ4n) is 1.26. The second-order valence-electron chi connectivity index (χ2n) is 3.28. The first-order valence-electron chi connectivity index (χ1n) is 4.82. The maximum Gasteiger partial charge on any atom is 0.103 e. The third kappa shape index (κ3) is 2.78. The minimum Gasteiger partial charge on any atom is -0.396 e. The molecule has 0 aliphatic heterocycles. The van der Waals surface area contributed by atoms with E-state index in [-0.39, 0.29) is 12.6 Å². The number of thiophene rings is 1. The van der Waals surface area contributed by atoms with Crippen LogP contribution in [0, 0.1) is 0 Å². The zero-order valence-electron chi connectivity index (χ0n) is 8.31. The van der Waals surface area contributed by atoms with E-state index in [1.807, 2.05) is 12.1 Å². The number of hydrogen-bond donors (Lipinski definition) is 3. The lowest BCUT2D eigenvalue weighted by atomic mass is 10.1. The van der Waals surface area contributed by atoms with Crippen LogP contribution in [0.3, 0.4) is 0 Å². The molecule has 0 saturated heterocycles. The summed E-state index contributed by atoms with van der Waals surface area (Å²) in [6, 6.07) is 3.55. The van der Waals surface area contributed by atoms with Crippen LogP contribution in [-0.4, -0.2) is 22.9 Å². The summed E-state index contributed by atoms with van der Waals surface area (Å²) in [5, 5.41) is 18.5. The molecule has 1 heterocycles. The number of nitrogens with two attached hydrogens (primary N) is 1. The van der Waals surface area contributed by atoms with Crippen molar-refractivity contribution in [3.05, 3.63) is 21.9 Å². The van der Waals surface area contributed by atoms with Gasteiger partial charge in [-0.15, -0.1) is 11.3 Å². The van der Waals surface area contributed by atoms with Crippen molar-refractivity contribution in [2.45, 2.75) is 31.9 Å². The zero-order chi connectivity index (χ0) is 10.6. The summed E-state index contributed by atoms with van der Waals surface area (Å²) in [5.74, 6) is 0. The first-order chi connectivity index (χ1) is 6.69. The Morgan fingerprint density at radius 2 is 2.21 bits per heavy atom. The van der Waals surface area contributed by atoms with E-state index in [2.05, 4.69) is 6.92 Å². The highest BCUT2D eigenvalue weighted by molar-refractivity contribution is 7.12. The lowest BCUT2D eigenvalue weighted by Crippen LogP contribution is -2.28. The summed E-state index contributed by atoms with van der Waals surface area (Å²) >= 11 is 1.58. The number of aliphatic hydroxyl groups excluding tert-OH is 2. The molecule has 0 radical (unpaired) electrons. The maximum absolute atomic E-state index is 9.80. The number of aliphatic hydroxyl groups is 2. The van der Waals surface area contributed by atoms with Crippen molar-refractivity contribution in [2.24, 2.45) is 5.73 Å². The van der Waals surface area contributed by atoms with E-state index < -0.39 is 6.10 Å². The highest BCUT2D eigenvalue weighted by atomic mass is 32.1. The van der Waals surface area contributed by atoms with Crippen LogP contribution in [0.25, 0.3) is 0 Å². The molecule has 1 aromatic heterocycles. The van der Waals surface area contributed by atoms with Crippen LogP contribution in [0.4, 0.5) is 0 Å². The van der Waals surface area contributed by atoms with E-state index in [1.54, 1.807) is 11.3 Å². The van der Waals surface area contributed by atoms with Gasteiger partial charge in [-0.1, -0.05) is 6.92 Å². The van der Waals surface area contributed by atoms with Crippen molar-refractivity contribution < 1.29 is 10.2 Å². The minimum absolute atomic E-state index is 0.0181. The van der Waals surface area contributed by atoms with Gasteiger partial charge in [-0.2, -0.15) is 0 Å². The van der Waals surface area contributed by atoms with Crippen molar-refractivity contribution in [2.75, 3.05) is 6.61 Å². The molecule has 0 aliphatic rings. The number of hydrogen-bond acceptors (Lipinski definition) is 4. The van der Waals surface area contributed by atoms with E-state index in [1.165, 1.54) is 4.88 Å². The van der Waals surface area contributed by atoms with Gasteiger partial charge in [-0.25, -0.2) is 0 Å². The molecule has 0 amide bonds. The van der Waals surface area contributed by atoms with Gasteiger partial charge in [0.25, 0.3) is 0 Å². The Morgan fingerprint density at radius 3 is 2.71 bits per heavy atom. The smallest absolute Gasteiger partial charge is 0.103 e. The normalized spacial score (nSPS) is 15.4. The molecule has 1 aromatic rings. The van der Waals surface area contributed by atoms with Gasteiger partial charge in [-0.3, -0.25) is 0 Å². The molecule has 1 rings (SSSR count). The third-order valence-electron chi connectivity index (χ3n) is 2.19. The lowest BCUT2D eigenvalue weighted by Gasteiger charge is -2.16. The SMILES string of the molecule is CCc1ccc(C(O)C(N)CCO)s1. The number of aryl methyl sites for hydroxylation is 1. The maximum atomic E-state index is 9.80. The molecule has 0 bridgehead atoms. The van der Waals surface area contributed by atoms with Crippen LogP contribution in [-0.2, 0) is 6.42 Å². The first kappa shape index (κ1) is 11.7. The van der Waals surface area contributed by atoms with Crippen molar-refractivity contribution in [1.82, 2.24) is 0 Å². The molecule has 0 aromatic carbocycles. The Kier molecular flexibility index (Phi) is 4.54. The Morgan fingerprint density at radius 1 is 1.50 bits per heavy atom. The summed E-state index contributed by atoms with van der Waals surface area (Å²) in [4.78, 5) is 2.14. The van der Waals surface area contributed by atoms with Gasteiger partial charge in [0.1, 0.15) is 6.10 Å². The van der Waals surface area contributed by atoms with Crippen LogP contribution in [0.2, 0.25) is 0 Å². The summed E-state index contributed by atoms with van der Waals surface area (Å²) in [5.41, 5.74) is 5.71. The summed E-state index contributed by atoms with van der Waals surface area (Å²) in [7, 11) is 0. The third-order valence-corrected chi connectivity index (χ3v) is 3.49. The second kappa shape index (κ2) is 5.46. The van der Waals surface area contributed by atoms with Gasteiger partial charge >= 0.3 is 0 Å². The van der Waals surface area contributed by atoms with E-state index in [4.69, 9.17) is 10.8 Å². The van der Waals surface area contributed by atoms with Gasteiger partial charge in [0.05, 0.1) is 0 Å². The summed E-state index contributed by atoms with van der Waals surface area (Å²) in [6.07, 6.45) is 0.764. The van der Waals surface area contributed by atoms with Crippen LogP contribution in [0.5, 0.6) is 0 Å². The topological polar surface area (TPSA) is 66.5 Å². The van der Waals surface area contributed by atoms with Crippen LogP contribution in [0.15, 0.2) is 12.1 Å². The summed E-state index contributed by atoms with van der Waals surface area (Å²) in [6.45, 7) is 2.10. The van der Waals surface area contributed by atoms with Gasteiger partial charge in [0.2, 0.25) is 0 Å². The zero-order valence-corrected chi connectivity index (χ0v) is 9.13. The molecule has 0 aliphatic carbocycles. The first-order valence-corrected chi connectivity index (χ1v) is 5.63. The monoisotopic (exact) mass is 215 g/mol. The van der Waals surface area contributed by atoms with Gasteiger partial charge < -0.3 is 15.9 Å². The minimum atomic E-state index is -0.646. The molecule has 14 heavy (non-hydrogen) atoms. The quantitative estimate of drug-likeness (QED) is 0.688. The Labute approximate surface area is 88.2 Å². The summed E-state index contributed by atoms with van der Waals surface area (Å²) < 4.78 is 0. The Bertz CT molecular complexity index is 275. The molecule has 0 spiro atoms. The standard InChI is InChI=1S/C10H17NO2S/c1-2-7-3-4-9(14-7)10(13)8(11)5-6-12/h3-4,8,10,12-13H,2,5-6,11H2,1H3. The lowest BCUT2D eigenvalue weighted by molar-refractivity contribution is 0.132. The molecule has 0 saturated carbocycles. The Hall–Kier alpha value is -0.420. The Balaban J connectivity index is 2.63. The fourth-order valence-corrected chi connectivity index (χ4v) is 2.28. The molecule has 4 N–H and O–H groups in total. The van der Waals surface area contributed by atoms with E-state index in [0.717, 1.165) is 11.3 Å². The molecular weight excluding hydrogens is 198 g/mol. The highest BCUT2D eigenvalue weighted by Gasteiger charge is 2.17. The predicted octanol–water partition coefficient (Wildman–Crippen LogP) is 1.05. The predicted molar refractivity (Wildman–Crippen MR) is 58.3 cm³/mol. The van der Waals surface area contributed by atoms with Crippen LogP contribution in [0.1, 0.15) is 29.2 Å². The average molecular weight is 215 g/mol. The van der Waals surface area contributed by atoms with Crippen molar-refractivity contribution >= 4 is 11.3 Å². The fraction of sp³-hybridized carbons (Fsp3) is 0.600. The highest BCUT2D eigenvalue weighted by Crippen LogP contribution is 2.26.